The third-order valence-corrected chi connectivity index (χ3v) is 19.1. The molecule has 3 fully saturated rings. The molecule has 42 heteroatoms. The van der Waals surface area contributed by atoms with Gasteiger partial charge in [-0.2, -0.15) is 0 Å². The van der Waals surface area contributed by atoms with Crippen LogP contribution in [0.25, 0.3) is 0 Å². The Kier molecular flexibility index (Phi) is 54.7. The predicted molar refractivity (Wildman–Crippen MR) is 396 cm³/mol. The molecule has 3 aliphatic heterocycles. The van der Waals surface area contributed by atoms with Gasteiger partial charge in [0.15, 0.2) is 18.9 Å². The molecule has 0 bridgehead atoms. The van der Waals surface area contributed by atoms with Crippen molar-refractivity contribution in [2.45, 2.75) is 277 Å². The van der Waals surface area contributed by atoms with Crippen LogP contribution in [0, 0.1) is 0 Å². The minimum absolute atomic E-state index is 0.0106. The van der Waals surface area contributed by atoms with Gasteiger partial charge in [-0.3, -0.25) is 42.9 Å². The minimum atomic E-state index is -3.19. The van der Waals surface area contributed by atoms with Crippen molar-refractivity contribution in [1.29, 1.82) is 0 Å². The molecule has 0 saturated carbocycles. The van der Waals surface area contributed by atoms with Gasteiger partial charge in [0.25, 0.3) is 5.91 Å². The molecule has 0 spiro atoms. The maximum atomic E-state index is 13.9. The number of rotatable bonds is 66. The summed E-state index contributed by atoms with van der Waals surface area (Å²) in [5, 5.41) is 148. The number of β-amino-alcohol motifs (C(OH)–C–C–N with tert-alkyl or cyclic N) is 1. The number of unbranched alkanes of at least 4 members (excludes halogenated alkanes) is 10. The van der Waals surface area contributed by atoms with Gasteiger partial charge >= 0.3 is 8.25 Å². The highest BCUT2D eigenvalue weighted by atomic mass is 31.1. The molecule has 8 amide bonds. The lowest BCUT2D eigenvalue weighted by atomic mass is 9.99. The van der Waals surface area contributed by atoms with Gasteiger partial charge < -0.3 is 161 Å². The third-order valence-electron chi connectivity index (χ3n) is 18.7. The molecule has 0 aromatic heterocycles. The number of aliphatic hydroxyl groups excluding tert-OH is 13. The number of carbonyl (C=O) groups is 8. The Hall–Kier alpha value is -4.97. The number of aliphatic hydroxyl groups is 13. The normalized spacial score (nSPS) is 23.6. The van der Waals surface area contributed by atoms with Crippen molar-refractivity contribution in [2.24, 2.45) is 0 Å². The third kappa shape index (κ3) is 43.4. The lowest BCUT2D eigenvalue weighted by Gasteiger charge is -2.39. The number of hydrogen-bond acceptors (Lipinski definition) is 32. The van der Waals surface area contributed by atoms with Gasteiger partial charge in [-0.1, -0.05) is 38.5 Å². The summed E-state index contributed by atoms with van der Waals surface area (Å²) in [7, 11) is -1.94. The van der Waals surface area contributed by atoms with Crippen molar-refractivity contribution < 1.29 is 161 Å². The molecule has 0 aromatic carbocycles. The van der Waals surface area contributed by atoms with Crippen LogP contribution in [0.5, 0.6) is 0 Å². The minimum Gasteiger partial charge on any atom is -0.396 e. The Labute approximate surface area is 659 Å². The molecule has 0 radical (unpaired) electrons. The van der Waals surface area contributed by atoms with E-state index in [4.69, 9.17) is 57.2 Å². The number of nitrogens with zero attached hydrogens (tertiary/aromatic N) is 1. The molecule has 21 N–H and O–H groups in total. The van der Waals surface area contributed by atoms with Crippen LogP contribution in [0.4, 0.5) is 0 Å². The van der Waals surface area contributed by atoms with Crippen LogP contribution in [0.15, 0.2) is 0 Å². The summed E-state index contributed by atoms with van der Waals surface area (Å²) in [6.45, 7) is -1.90. The zero-order chi connectivity index (χ0) is 83.4. The molecule has 17 atom stereocenters. The molecule has 658 valence electrons. The summed E-state index contributed by atoms with van der Waals surface area (Å²) in [5.41, 5.74) is 0. The summed E-state index contributed by atoms with van der Waals surface area (Å²) < 4.78 is 66.4. The Morgan fingerprint density at radius 1 is 0.478 bits per heavy atom. The number of likely N-dealkylation sites (tertiary alicyclic amines) is 1. The monoisotopic (exact) mass is 1650 g/mol. The SMILES string of the molecule is CO[C@@H](OCCCCC(=O)NCCCNC(=O)CCOCC(NC(=O)CCCCCCCCCCC(=O)N1C[C@H](O)C[C@H]1CO[PH](=O)O)(OCCC(=O)NCCCNC(=O)CCCCO[C@@H]1OC(CO)[C@H](O)C(O)[C@@H]1O)OCCC(=O)NCCCNC(=O)CCCCO[C@@H]1OC(CO)[C@H](O)C(O)[C@@H]1O)[C@@H](O)C(O)[C@@H](O)CCO. The first-order chi connectivity index (χ1) is 54.2. The van der Waals surface area contributed by atoms with Crippen molar-refractivity contribution in [3.8, 4) is 0 Å². The van der Waals surface area contributed by atoms with Crippen molar-refractivity contribution in [3.63, 3.8) is 0 Å². The van der Waals surface area contributed by atoms with Crippen LogP contribution >= 0.6 is 8.25 Å². The lowest BCUT2D eigenvalue weighted by Crippen LogP contribution is -2.59. The van der Waals surface area contributed by atoms with E-state index in [-0.39, 0.29) is 180 Å². The maximum absolute atomic E-state index is 13.9. The highest BCUT2D eigenvalue weighted by Crippen LogP contribution is 2.27. The fraction of sp³-hybridized carbons (Fsp3) is 0.887. The highest BCUT2D eigenvalue weighted by Gasteiger charge is 2.46. The molecule has 3 aliphatic rings. The molecule has 3 rings (SSSR count). The predicted octanol–water partition coefficient (Wildman–Crippen LogP) is -5.30. The van der Waals surface area contributed by atoms with E-state index in [9.17, 15) is 104 Å². The van der Waals surface area contributed by atoms with E-state index in [1.165, 1.54) is 12.0 Å². The summed E-state index contributed by atoms with van der Waals surface area (Å²) in [4.78, 5) is 115. The molecular formula is C71H131N8O33P. The fourth-order valence-corrected chi connectivity index (χ4v) is 12.5. The Morgan fingerprint density at radius 2 is 0.876 bits per heavy atom. The molecule has 3 saturated heterocycles. The Balaban J connectivity index is 1.58. The quantitative estimate of drug-likeness (QED) is 0.0154. The van der Waals surface area contributed by atoms with E-state index in [2.05, 4.69) is 37.2 Å². The van der Waals surface area contributed by atoms with E-state index in [0.29, 0.717) is 77.0 Å². The molecule has 0 aromatic rings. The first kappa shape index (κ1) is 102. The van der Waals surface area contributed by atoms with E-state index in [1.54, 1.807) is 0 Å². The first-order valence-corrected chi connectivity index (χ1v) is 40.7. The van der Waals surface area contributed by atoms with Crippen LogP contribution in [0.2, 0.25) is 0 Å². The van der Waals surface area contributed by atoms with E-state index in [1.807, 2.05) is 0 Å². The summed E-state index contributed by atoms with van der Waals surface area (Å²) in [6.07, 6.45) is -11.8. The molecule has 41 nitrogen and oxygen atoms in total. The second-order valence-electron chi connectivity index (χ2n) is 28.0. The summed E-state index contributed by atoms with van der Waals surface area (Å²) >= 11 is 0. The standard InChI is InChI=1S/C71H131N8O33P/c1-103-68(65(98)60(93)49(84)24-34-80)105-35-13-10-19-52(85)72-28-16-31-75-55(88)25-38-104-46-71(78-58(91)22-8-6-4-2-3-5-7-9-23-59(92)79-42-48(83)41-47(79)45-110-113(101)102,108-39-26-56(89)76-32-17-29-73-53(86)20-11-14-36-106-69-66(99)63(96)61(94)50(43-81)111-69)109-40-27-57(90)77-33-18-30-74-54(87)21-12-15-37-107-70-67(100)64(97)62(95)51(44-82)112-70/h47-51,60-70,80-84,93-100,113H,2-46H2,1H3,(H,72,85)(H,73,86)(H,74,87)(H,75,88)(H,76,89)(H,77,90)(H,78,91)(H,101,102)/t47-,48+,49-,50?,51?,60?,61-,62-,63?,64?,65-,66-,67-,68-,69+,70+,71?/m0/s1. The fourth-order valence-electron chi connectivity index (χ4n) is 12.1. The van der Waals surface area contributed by atoms with E-state index in [0.717, 1.165) is 32.1 Å². The number of hydrogen-bond donors (Lipinski definition) is 21. The number of ether oxygens (including phenoxy) is 9. The van der Waals surface area contributed by atoms with Crippen molar-refractivity contribution in [2.75, 3.05) is 126 Å². The van der Waals surface area contributed by atoms with Crippen molar-refractivity contribution in [3.05, 3.63) is 0 Å². The van der Waals surface area contributed by atoms with Crippen LogP contribution in [0.1, 0.15) is 173 Å². The van der Waals surface area contributed by atoms with Gasteiger partial charge in [-0.25, -0.2) is 0 Å². The van der Waals surface area contributed by atoms with Crippen LogP contribution in [-0.2, 0) is 90.1 Å². The number of carbonyl (C=O) groups excluding carboxylic acids is 8. The number of nitrogens with one attached hydrogen (secondary N) is 7. The maximum Gasteiger partial charge on any atom is 0.316 e. The summed E-state index contributed by atoms with van der Waals surface area (Å²) in [5.74, 6) is -5.04. The van der Waals surface area contributed by atoms with E-state index >= 15 is 0 Å². The van der Waals surface area contributed by atoms with E-state index < -0.39 is 162 Å². The second kappa shape index (κ2) is 60.5. The molecular weight excluding hydrogens is 1520 g/mol. The Bertz CT molecular complexity index is 2590. The molecule has 113 heavy (non-hydrogen) atoms. The second-order valence-corrected chi connectivity index (χ2v) is 28.8. The van der Waals surface area contributed by atoms with Gasteiger partial charge in [0.05, 0.1) is 70.7 Å². The average Bonchev–Trinajstić information content (AvgIpc) is 1.34. The van der Waals surface area contributed by atoms with Crippen molar-refractivity contribution in [1.82, 2.24) is 42.1 Å². The number of amides is 8. The highest BCUT2D eigenvalue weighted by molar-refractivity contribution is 7.32. The molecule has 0 aliphatic carbocycles. The largest absolute Gasteiger partial charge is 0.396 e. The van der Waals surface area contributed by atoms with Crippen LogP contribution in [0.3, 0.4) is 0 Å². The zero-order valence-corrected chi connectivity index (χ0v) is 66.0. The molecule has 3 heterocycles. The van der Waals surface area contributed by atoms with Crippen LogP contribution < -0.4 is 37.2 Å². The van der Waals surface area contributed by atoms with Gasteiger partial charge in [0.1, 0.15) is 67.6 Å². The van der Waals surface area contributed by atoms with Crippen LogP contribution in [-0.4, -0.2) is 353 Å². The summed E-state index contributed by atoms with van der Waals surface area (Å²) in [6, 6.07) is -0.478. The van der Waals surface area contributed by atoms with Gasteiger partial charge in [0, 0.05) is 118 Å². The van der Waals surface area contributed by atoms with Gasteiger partial charge in [0.2, 0.25) is 47.3 Å². The van der Waals surface area contributed by atoms with Gasteiger partial charge in [-0.15, -0.1) is 0 Å². The molecule has 6 unspecified atom stereocenters. The lowest BCUT2D eigenvalue weighted by molar-refractivity contribution is -0.301. The topological polar surface area (TPSA) is 617 Å². The first-order valence-electron chi connectivity index (χ1n) is 39.4. The smallest absolute Gasteiger partial charge is 0.316 e. The average molecular weight is 1660 g/mol. The van der Waals surface area contributed by atoms with Gasteiger partial charge in [-0.05, 0) is 83.5 Å². The van der Waals surface area contributed by atoms with Crippen molar-refractivity contribution >= 4 is 55.5 Å². The zero-order valence-electron chi connectivity index (χ0n) is 65.0. The Morgan fingerprint density at radius 3 is 1.30 bits per heavy atom. The number of methoxy groups -OCH3 is 1.